The Morgan fingerprint density at radius 1 is 1.43 bits per heavy atom. The van der Waals surface area contributed by atoms with Gasteiger partial charge in [0.25, 0.3) is 0 Å². The molecule has 0 aromatic heterocycles. The molecule has 3 nitrogen and oxygen atoms in total. The quantitative estimate of drug-likeness (QED) is 0.528. The predicted octanol–water partition coefficient (Wildman–Crippen LogP) is 2.17. The van der Waals surface area contributed by atoms with Crippen molar-refractivity contribution in [1.29, 1.82) is 0 Å². The van der Waals surface area contributed by atoms with Gasteiger partial charge in [0.1, 0.15) is 6.73 Å². The molecule has 0 saturated carbocycles. The maximum absolute atomic E-state index is 11.5. The van der Waals surface area contributed by atoms with Gasteiger partial charge in [-0.05, 0) is 12.3 Å². The van der Waals surface area contributed by atoms with E-state index in [0.29, 0.717) is 19.3 Å². The summed E-state index contributed by atoms with van der Waals surface area (Å²) in [6, 6.07) is 0. The minimum absolute atomic E-state index is 0.0590. The smallest absolute Gasteiger partial charge is 0.227 e. The Kier molecular flexibility index (Phi) is 5.77. The Balaban J connectivity index is 3.64. The van der Waals surface area contributed by atoms with E-state index in [1.807, 2.05) is 20.8 Å². The molecule has 0 aliphatic rings. The molecule has 0 rings (SSSR count). The first-order chi connectivity index (χ1) is 6.40. The number of nitrogens with one attached hydrogen (secondary N) is 1. The van der Waals surface area contributed by atoms with Crippen molar-refractivity contribution < 1.29 is 9.53 Å². The lowest BCUT2D eigenvalue weighted by Gasteiger charge is -2.21. The van der Waals surface area contributed by atoms with E-state index in [1.54, 1.807) is 0 Å². The molecule has 3 heteroatoms. The molecule has 0 aromatic carbocycles. The first-order valence-corrected chi connectivity index (χ1v) is 5.26. The van der Waals surface area contributed by atoms with Crippen LogP contribution in [0.5, 0.6) is 0 Å². The van der Waals surface area contributed by atoms with Crippen molar-refractivity contribution in [3.05, 3.63) is 0 Å². The number of rotatable bonds is 6. The van der Waals surface area contributed by atoms with Crippen molar-refractivity contribution in [1.82, 2.24) is 5.32 Å². The third-order valence-corrected chi connectivity index (χ3v) is 2.28. The van der Waals surface area contributed by atoms with E-state index >= 15 is 0 Å². The molecule has 0 unspecified atom stereocenters. The fourth-order valence-electron chi connectivity index (χ4n) is 0.811. The number of carbonyl (C=O) groups excluding carboxylic acids is 1. The van der Waals surface area contributed by atoms with Crippen LogP contribution in [0.3, 0.4) is 0 Å². The van der Waals surface area contributed by atoms with Gasteiger partial charge < -0.3 is 10.1 Å². The molecule has 0 aromatic rings. The lowest BCUT2D eigenvalue weighted by atomic mass is 9.89. The number of amides is 1. The summed E-state index contributed by atoms with van der Waals surface area (Å²) < 4.78 is 5.27. The number of carbonyl (C=O) groups is 1. The van der Waals surface area contributed by atoms with Crippen molar-refractivity contribution in [2.24, 2.45) is 11.3 Å². The van der Waals surface area contributed by atoms with E-state index in [9.17, 15) is 4.79 Å². The predicted molar refractivity (Wildman–Crippen MR) is 57.9 cm³/mol. The van der Waals surface area contributed by atoms with Crippen LogP contribution in [0.15, 0.2) is 0 Å². The molecular formula is C11H23NO2. The first kappa shape index (κ1) is 13.4. The second kappa shape index (κ2) is 6.02. The highest BCUT2D eigenvalue weighted by atomic mass is 16.5. The molecule has 0 aliphatic carbocycles. The molecule has 0 spiro atoms. The van der Waals surface area contributed by atoms with Gasteiger partial charge in [-0.2, -0.15) is 0 Å². The molecule has 0 fully saturated rings. The summed E-state index contributed by atoms with van der Waals surface area (Å²) in [7, 11) is 0. The minimum atomic E-state index is -0.290. The zero-order valence-corrected chi connectivity index (χ0v) is 10.0. The summed E-state index contributed by atoms with van der Waals surface area (Å²) in [6.07, 6.45) is 0.836. The molecule has 0 aliphatic heterocycles. The molecule has 1 N–H and O–H groups in total. The van der Waals surface area contributed by atoms with Gasteiger partial charge in [0, 0.05) is 5.41 Å². The van der Waals surface area contributed by atoms with Crippen LogP contribution < -0.4 is 5.32 Å². The fourth-order valence-corrected chi connectivity index (χ4v) is 0.811. The van der Waals surface area contributed by atoms with Gasteiger partial charge in [-0.3, -0.25) is 4.79 Å². The molecule has 0 radical (unpaired) electrons. The van der Waals surface area contributed by atoms with Crippen LogP contribution in [-0.4, -0.2) is 19.2 Å². The van der Waals surface area contributed by atoms with Crippen LogP contribution in [-0.2, 0) is 9.53 Å². The summed E-state index contributed by atoms with van der Waals surface area (Å²) in [4.78, 5) is 11.5. The van der Waals surface area contributed by atoms with E-state index in [-0.39, 0.29) is 11.3 Å². The molecule has 14 heavy (non-hydrogen) atoms. The van der Waals surface area contributed by atoms with Crippen molar-refractivity contribution in [3.63, 3.8) is 0 Å². The Morgan fingerprint density at radius 2 is 2.00 bits per heavy atom. The van der Waals surface area contributed by atoms with E-state index in [4.69, 9.17) is 4.74 Å². The highest BCUT2D eigenvalue weighted by Gasteiger charge is 2.24. The Labute approximate surface area is 87.2 Å². The average Bonchev–Trinajstić information content (AvgIpc) is 2.11. The topological polar surface area (TPSA) is 38.3 Å². The molecule has 0 saturated heterocycles. The standard InChI is InChI=1S/C11H23NO2/c1-6-11(4,5)10(13)12-8-14-7-9(2)3/h9H,6-8H2,1-5H3,(H,12,13). The van der Waals surface area contributed by atoms with Crippen molar-refractivity contribution >= 4 is 5.91 Å². The second-order valence-corrected chi connectivity index (χ2v) is 4.65. The maximum Gasteiger partial charge on any atom is 0.227 e. The Morgan fingerprint density at radius 3 is 2.43 bits per heavy atom. The Hall–Kier alpha value is -0.570. The molecule has 84 valence electrons. The van der Waals surface area contributed by atoms with Crippen LogP contribution >= 0.6 is 0 Å². The largest absolute Gasteiger partial charge is 0.361 e. The normalized spacial score (nSPS) is 11.9. The van der Waals surface area contributed by atoms with Crippen molar-refractivity contribution in [2.75, 3.05) is 13.3 Å². The summed E-state index contributed by atoms with van der Waals surface area (Å²) >= 11 is 0. The van der Waals surface area contributed by atoms with Gasteiger partial charge in [0.15, 0.2) is 0 Å². The summed E-state index contributed by atoms with van der Waals surface area (Å²) in [5.74, 6) is 0.565. The first-order valence-electron chi connectivity index (χ1n) is 5.26. The van der Waals surface area contributed by atoms with Crippen molar-refractivity contribution in [2.45, 2.75) is 41.0 Å². The lowest BCUT2D eigenvalue weighted by molar-refractivity contribution is -0.131. The minimum Gasteiger partial charge on any atom is -0.361 e. The average molecular weight is 201 g/mol. The lowest BCUT2D eigenvalue weighted by Crippen LogP contribution is -2.37. The maximum atomic E-state index is 11.5. The van der Waals surface area contributed by atoms with E-state index in [1.165, 1.54) is 0 Å². The van der Waals surface area contributed by atoms with Crippen LogP contribution in [0.25, 0.3) is 0 Å². The van der Waals surface area contributed by atoms with Gasteiger partial charge in [0.05, 0.1) is 6.61 Å². The van der Waals surface area contributed by atoms with E-state index in [2.05, 4.69) is 19.2 Å². The summed E-state index contributed by atoms with van der Waals surface area (Å²) in [5.41, 5.74) is -0.290. The molecular weight excluding hydrogens is 178 g/mol. The second-order valence-electron chi connectivity index (χ2n) is 4.65. The highest BCUT2D eigenvalue weighted by Crippen LogP contribution is 2.18. The monoisotopic (exact) mass is 201 g/mol. The number of hydrogen-bond acceptors (Lipinski definition) is 2. The van der Waals surface area contributed by atoms with Crippen molar-refractivity contribution in [3.8, 4) is 0 Å². The van der Waals surface area contributed by atoms with E-state index in [0.717, 1.165) is 6.42 Å². The van der Waals surface area contributed by atoms with Gasteiger partial charge in [0.2, 0.25) is 5.91 Å². The Bertz CT molecular complexity index is 176. The van der Waals surface area contributed by atoms with Crippen LogP contribution in [0.4, 0.5) is 0 Å². The van der Waals surface area contributed by atoms with Crippen LogP contribution in [0.2, 0.25) is 0 Å². The highest BCUT2D eigenvalue weighted by molar-refractivity contribution is 5.81. The van der Waals surface area contributed by atoms with Gasteiger partial charge in [-0.25, -0.2) is 0 Å². The SMILES string of the molecule is CCC(C)(C)C(=O)NCOCC(C)C. The third kappa shape index (κ3) is 5.22. The molecule has 1 amide bonds. The molecule has 0 atom stereocenters. The zero-order chi connectivity index (χ0) is 11.2. The molecule has 0 heterocycles. The van der Waals surface area contributed by atoms with E-state index < -0.39 is 0 Å². The summed E-state index contributed by atoms with van der Waals surface area (Å²) in [5, 5.41) is 2.77. The molecule has 0 bridgehead atoms. The summed E-state index contributed by atoms with van der Waals surface area (Å²) in [6.45, 7) is 11.0. The number of hydrogen-bond donors (Lipinski definition) is 1. The van der Waals surface area contributed by atoms with Gasteiger partial charge in [-0.1, -0.05) is 34.6 Å². The fraction of sp³-hybridized carbons (Fsp3) is 0.909. The number of ether oxygens (including phenoxy) is 1. The van der Waals surface area contributed by atoms with Gasteiger partial charge in [-0.15, -0.1) is 0 Å². The van der Waals surface area contributed by atoms with Crippen LogP contribution in [0, 0.1) is 11.3 Å². The van der Waals surface area contributed by atoms with Gasteiger partial charge >= 0.3 is 0 Å². The third-order valence-electron chi connectivity index (χ3n) is 2.28. The zero-order valence-electron chi connectivity index (χ0n) is 10.0. The van der Waals surface area contributed by atoms with Crippen LogP contribution in [0.1, 0.15) is 41.0 Å².